The van der Waals surface area contributed by atoms with Crippen LogP contribution in [0.2, 0.25) is 0 Å². The van der Waals surface area contributed by atoms with Crippen molar-refractivity contribution in [1.29, 1.82) is 0 Å². The van der Waals surface area contributed by atoms with Crippen LogP contribution in [-0.2, 0) is 6.54 Å². The van der Waals surface area contributed by atoms with Crippen LogP contribution in [0.15, 0.2) is 16.7 Å². The number of hydrazine groups is 1. The Bertz CT molecular complexity index is 418. The molecule has 0 saturated heterocycles. The van der Waals surface area contributed by atoms with E-state index in [9.17, 15) is 18.0 Å². The van der Waals surface area contributed by atoms with Crippen molar-refractivity contribution in [3.63, 3.8) is 0 Å². The van der Waals surface area contributed by atoms with Gasteiger partial charge in [0.05, 0.1) is 12.8 Å². The van der Waals surface area contributed by atoms with E-state index in [1.165, 1.54) is 17.2 Å². The Morgan fingerprint density at radius 1 is 1.53 bits per heavy atom. The molecule has 0 radical (unpaired) electrons. The number of carbonyl (C=O) groups is 1. The second kappa shape index (κ2) is 6.58. The Balaban J connectivity index is 2.79. The highest BCUT2D eigenvalue weighted by atomic mass is 19.4. The number of hydrogen-bond donors (Lipinski definition) is 2. The van der Waals surface area contributed by atoms with Gasteiger partial charge in [-0.05, 0) is 19.0 Å². The summed E-state index contributed by atoms with van der Waals surface area (Å²) in [6.45, 7) is 1.00. The molecule has 3 N–H and O–H groups in total. The summed E-state index contributed by atoms with van der Waals surface area (Å²) in [6, 6.07) is 1.46. The van der Waals surface area contributed by atoms with E-state index < -0.39 is 18.6 Å². The summed E-state index contributed by atoms with van der Waals surface area (Å²) in [4.78, 5) is 12.6. The van der Waals surface area contributed by atoms with Gasteiger partial charge in [0.2, 0.25) is 0 Å². The van der Waals surface area contributed by atoms with Crippen LogP contribution in [-0.4, -0.2) is 30.1 Å². The summed E-state index contributed by atoms with van der Waals surface area (Å²) in [6.07, 6.45) is -2.46. The maximum atomic E-state index is 12.4. The number of nitrogens with zero attached hydrogens (tertiary/aromatic N) is 1. The largest absolute Gasteiger partial charge is 0.459 e. The Labute approximate surface area is 108 Å². The minimum Gasteiger partial charge on any atom is -0.459 e. The molecule has 0 aliphatic rings. The fourth-order valence-corrected chi connectivity index (χ4v) is 1.75. The van der Waals surface area contributed by atoms with Crippen molar-refractivity contribution < 1.29 is 22.4 Å². The van der Waals surface area contributed by atoms with Gasteiger partial charge in [0, 0.05) is 12.1 Å². The smallest absolute Gasteiger partial charge is 0.401 e. The zero-order valence-electron chi connectivity index (χ0n) is 10.5. The first-order valence-electron chi connectivity index (χ1n) is 5.73. The molecule has 19 heavy (non-hydrogen) atoms. The molecule has 1 heterocycles. The van der Waals surface area contributed by atoms with E-state index in [1.54, 1.807) is 6.92 Å². The predicted molar refractivity (Wildman–Crippen MR) is 62.0 cm³/mol. The van der Waals surface area contributed by atoms with E-state index in [-0.39, 0.29) is 18.8 Å². The number of rotatable bonds is 6. The molecule has 1 rings (SSSR count). The number of furan rings is 1. The van der Waals surface area contributed by atoms with Crippen molar-refractivity contribution in [2.24, 2.45) is 5.84 Å². The molecule has 0 aromatic carbocycles. The van der Waals surface area contributed by atoms with Crippen molar-refractivity contribution >= 4 is 5.91 Å². The number of nitrogens with one attached hydrogen (secondary N) is 1. The highest BCUT2D eigenvalue weighted by Gasteiger charge is 2.31. The van der Waals surface area contributed by atoms with Crippen LogP contribution in [0.25, 0.3) is 0 Å². The van der Waals surface area contributed by atoms with Gasteiger partial charge in [0.1, 0.15) is 0 Å². The quantitative estimate of drug-likeness (QED) is 0.472. The molecular weight excluding hydrogens is 263 g/mol. The number of hydrogen-bond acceptors (Lipinski definition) is 4. The summed E-state index contributed by atoms with van der Waals surface area (Å²) in [5.41, 5.74) is 2.26. The van der Waals surface area contributed by atoms with Gasteiger partial charge in [-0.25, -0.2) is 5.84 Å². The Kier molecular flexibility index (Phi) is 5.37. The lowest BCUT2D eigenvalue weighted by atomic mass is 10.2. The molecule has 0 aliphatic heterocycles. The number of nitrogens with two attached hydrogens (primary N) is 1. The molecule has 0 saturated carbocycles. The second-order valence-electron chi connectivity index (χ2n) is 4.07. The first-order chi connectivity index (χ1) is 8.87. The van der Waals surface area contributed by atoms with E-state index in [0.717, 1.165) is 0 Å². The third kappa shape index (κ3) is 4.92. The van der Waals surface area contributed by atoms with Crippen LogP contribution in [0, 0.1) is 0 Å². The summed E-state index contributed by atoms with van der Waals surface area (Å²) in [7, 11) is 0. The third-order valence-corrected chi connectivity index (χ3v) is 2.42. The molecule has 0 unspecified atom stereocenters. The molecular formula is C11H16F3N3O2. The minimum atomic E-state index is -4.28. The van der Waals surface area contributed by atoms with Crippen LogP contribution in [0.5, 0.6) is 0 Å². The summed E-state index contributed by atoms with van der Waals surface area (Å²) >= 11 is 0. The molecule has 0 spiro atoms. The molecule has 0 aliphatic carbocycles. The SMILES string of the molecule is CCCN(Cc1ccoc1C(=O)NN)CC(F)(F)F. The molecule has 5 nitrogen and oxygen atoms in total. The van der Waals surface area contributed by atoms with Crippen LogP contribution in [0.4, 0.5) is 13.2 Å². The van der Waals surface area contributed by atoms with E-state index in [2.05, 4.69) is 0 Å². The number of halogens is 3. The zero-order valence-corrected chi connectivity index (χ0v) is 10.5. The highest BCUT2D eigenvalue weighted by Crippen LogP contribution is 2.20. The van der Waals surface area contributed by atoms with Crippen LogP contribution in [0.1, 0.15) is 29.5 Å². The normalized spacial score (nSPS) is 11.9. The lowest BCUT2D eigenvalue weighted by molar-refractivity contribution is -0.147. The summed E-state index contributed by atoms with van der Waals surface area (Å²) in [5.74, 6) is 4.24. The minimum absolute atomic E-state index is 0.0212. The lowest BCUT2D eigenvalue weighted by Gasteiger charge is -2.22. The third-order valence-electron chi connectivity index (χ3n) is 2.42. The van der Waals surface area contributed by atoms with E-state index in [0.29, 0.717) is 12.0 Å². The van der Waals surface area contributed by atoms with Crippen molar-refractivity contribution in [1.82, 2.24) is 10.3 Å². The van der Waals surface area contributed by atoms with Gasteiger partial charge in [-0.15, -0.1) is 0 Å². The fourth-order valence-electron chi connectivity index (χ4n) is 1.75. The molecule has 0 atom stereocenters. The molecule has 8 heteroatoms. The van der Waals surface area contributed by atoms with Crippen molar-refractivity contribution in [3.05, 3.63) is 23.7 Å². The van der Waals surface area contributed by atoms with Gasteiger partial charge in [-0.3, -0.25) is 15.1 Å². The average Bonchev–Trinajstić information content (AvgIpc) is 2.74. The van der Waals surface area contributed by atoms with Crippen LogP contribution in [0.3, 0.4) is 0 Å². The topological polar surface area (TPSA) is 71.5 Å². The molecule has 1 aromatic rings. The maximum absolute atomic E-state index is 12.4. The van der Waals surface area contributed by atoms with Crippen LogP contribution < -0.4 is 11.3 Å². The fraction of sp³-hybridized carbons (Fsp3) is 0.545. The number of alkyl halides is 3. The predicted octanol–water partition coefficient (Wildman–Crippen LogP) is 1.66. The summed E-state index contributed by atoms with van der Waals surface area (Å²) in [5, 5.41) is 0. The van der Waals surface area contributed by atoms with Gasteiger partial charge in [-0.1, -0.05) is 6.92 Å². The highest BCUT2D eigenvalue weighted by molar-refractivity contribution is 5.92. The zero-order chi connectivity index (χ0) is 14.5. The molecule has 1 amide bonds. The second-order valence-corrected chi connectivity index (χ2v) is 4.07. The molecule has 1 aromatic heterocycles. The number of carbonyl (C=O) groups excluding carboxylic acids is 1. The monoisotopic (exact) mass is 279 g/mol. The van der Waals surface area contributed by atoms with Gasteiger partial charge >= 0.3 is 12.1 Å². The molecule has 108 valence electrons. The van der Waals surface area contributed by atoms with Crippen LogP contribution >= 0.6 is 0 Å². The standard InChI is InChI=1S/C11H16F3N3O2/c1-2-4-17(7-11(12,13)14)6-8-3-5-19-9(8)10(18)16-15/h3,5H,2,4,6-7,15H2,1H3,(H,16,18). The number of nitrogen functional groups attached to an aromatic ring is 1. The first-order valence-corrected chi connectivity index (χ1v) is 5.73. The Morgan fingerprint density at radius 2 is 2.21 bits per heavy atom. The first kappa shape index (κ1) is 15.5. The van der Waals surface area contributed by atoms with E-state index >= 15 is 0 Å². The van der Waals surface area contributed by atoms with Gasteiger partial charge in [-0.2, -0.15) is 13.2 Å². The number of amides is 1. The van der Waals surface area contributed by atoms with Gasteiger partial charge in [0.25, 0.3) is 0 Å². The van der Waals surface area contributed by atoms with Gasteiger partial charge in [0.15, 0.2) is 5.76 Å². The summed E-state index contributed by atoms with van der Waals surface area (Å²) < 4.78 is 42.2. The van der Waals surface area contributed by atoms with E-state index in [1.807, 2.05) is 5.43 Å². The molecule has 0 bridgehead atoms. The van der Waals surface area contributed by atoms with Gasteiger partial charge < -0.3 is 4.42 Å². The molecule has 0 fully saturated rings. The Morgan fingerprint density at radius 3 is 2.74 bits per heavy atom. The van der Waals surface area contributed by atoms with Crippen molar-refractivity contribution in [2.45, 2.75) is 26.1 Å². The average molecular weight is 279 g/mol. The lowest BCUT2D eigenvalue weighted by Crippen LogP contribution is -2.35. The van der Waals surface area contributed by atoms with Crippen molar-refractivity contribution in [2.75, 3.05) is 13.1 Å². The van der Waals surface area contributed by atoms with Crippen molar-refractivity contribution in [3.8, 4) is 0 Å². The van der Waals surface area contributed by atoms with E-state index in [4.69, 9.17) is 10.3 Å². The maximum Gasteiger partial charge on any atom is 0.401 e. The Hall–Kier alpha value is -1.54.